The number of carbonyl (C=O) groups is 2. The first-order valence-electron chi connectivity index (χ1n) is 4.86. The number of ether oxygens (including phenoxy) is 1. The molecule has 0 saturated heterocycles. The standard InChI is InChI=1S/C10H18O3.5CH4/c1-4-7-9(11)8(5-2)10(12)13-6-3;;;;;/h8H,4-7H2,1-3H3;5*1H4. The van der Waals surface area contributed by atoms with Gasteiger partial charge in [0.15, 0.2) is 0 Å². The fourth-order valence-electron chi connectivity index (χ4n) is 1.19. The van der Waals surface area contributed by atoms with E-state index in [2.05, 4.69) is 0 Å². The minimum atomic E-state index is -0.542. The Morgan fingerprint density at radius 3 is 1.67 bits per heavy atom. The quantitative estimate of drug-likeness (QED) is 0.494. The van der Waals surface area contributed by atoms with E-state index < -0.39 is 5.92 Å². The largest absolute Gasteiger partial charge is 0.465 e. The van der Waals surface area contributed by atoms with E-state index in [1.165, 1.54) is 0 Å². The Balaban J connectivity index is -0.0000000720. The molecule has 0 bridgehead atoms. The van der Waals surface area contributed by atoms with Crippen LogP contribution >= 0.6 is 0 Å². The lowest BCUT2D eigenvalue weighted by atomic mass is 9.98. The Morgan fingerprint density at radius 1 is 0.944 bits per heavy atom. The van der Waals surface area contributed by atoms with Crippen molar-refractivity contribution in [2.45, 2.75) is 77.2 Å². The maximum atomic E-state index is 11.4. The van der Waals surface area contributed by atoms with E-state index in [-0.39, 0.29) is 48.9 Å². The van der Waals surface area contributed by atoms with Crippen LogP contribution in [0.4, 0.5) is 0 Å². The van der Waals surface area contributed by atoms with E-state index >= 15 is 0 Å². The van der Waals surface area contributed by atoms with Crippen molar-refractivity contribution in [3.05, 3.63) is 0 Å². The first-order chi connectivity index (χ1) is 6.17. The molecule has 0 aliphatic rings. The number of Topliss-reactive ketones (excluding diaryl/α,β-unsaturated/α-hetero) is 1. The Hall–Kier alpha value is -0.860. The fraction of sp³-hybridized carbons (Fsp3) is 0.867. The minimum absolute atomic E-state index is 0. The molecule has 116 valence electrons. The van der Waals surface area contributed by atoms with Gasteiger partial charge in [-0.25, -0.2) is 0 Å². The predicted molar refractivity (Wildman–Crippen MR) is 84.0 cm³/mol. The smallest absolute Gasteiger partial charge is 0.316 e. The van der Waals surface area contributed by atoms with Gasteiger partial charge in [0.25, 0.3) is 0 Å². The van der Waals surface area contributed by atoms with Crippen LogP contribution in [0.15, 0.2) is 0 Å². The highest BCUT2D eigenvalue weighted by Gasteiger charge is 2.24. The van der Waals surface area contributed by atoms with Gasteiger partial charge in [-0.15, -0.1) is 0 Å². The highest BCUT2D eigenvalue weighted by molar-refractivity contribution is 5.98. The summed E-state index contributed by atoms with van der Waals surface area (Å²) in [5, 5.41) is 0. The average molecular weight is 266 g/mol. The maximum Gasteiger partial charge on any atom is 0.316 e. The molecule has 0 aliphatic heterocycles. The summed E-state index contributed by atoms with van der Waals surface area (Å²) >= 11 is 0. The molecule has 0 aromatic heterocycles. The molecule has 0 rings (SSSR count). The molecule has 0 aromatic carbocycles. The molecule has 0 heterocycles. The first-order valence-corrected chi connectivity index (χ1v) is 4.86. The summed E-state index contributed by atoms with van der Waals surface area (Å²) in [7, 11) is 0. The van der Waals surface area contributed by atoms with E-state index in [0.717, 1.165) is 6.42 Å². The molecule has 0 radical (unpaired) electrons. The van der Waals surface area contributed by atoms with Crippen molar-refractivity contribution in [2.75, 3.05) is 6.61 Å². The van der Waals surface area contributed by atoms with E-state index in [1.807, 2.05) is 13.8 Å². The Bertz CT molecular complexity index is 159. The normalized spacial score (nSPS) is 8.83. The van der Waals surface area contributed by atoms with Gasteiger partial charge < -0.3 is 4.74 Å². The van der Waals surface area contributed by atoms with Crippen LogP contribution in [0.5, 0.6) is 0 Å². The zero-order valence-corrected chi connectivity index (χ0v) is 8.63. The van der Waals surface area contributed by atoms with Crippen LogP contribution in [0.1, 0.15) is 77.2 Å². The number of carbonyl (C=O) groups excluding carboxylic acids is 2. The molecule has 0 spiro atoms. The van der Waals surface area contributed by atoms with Crippen molar-refractivity contribution in [3.8, 4) is 0 Å². The van der Waals surface area contributed by atoms with E-state index in [9.17, 15) is 9.59 Å². The molecule has 0 saturated carbocycles. The molecule has 18 heavy (non-hydrogen) atoms. The van der Waals surface area contributed by atoms with Crippen LogP contribution in [0.25, 0.3) is 0 Å². The third-order valence-electron chi connectivity index (χ3n) is 1.86. The van der Waals surface area contributed by atoms with Gasteiger partial charge in [-0.05, 0) is 19.8 Å². The second-order valence-electron chi connectivity index (χ2n) is 2.93. The molecular weight excluding hydrogens is 228 g/mol. The maximum absolute atomic E-state index is 11.4. The average Bonchev–Trinajstić information content (AvgIpc) is 2.06. The van der Waals surface area contributed by atoms with E-state index in [0.29, 0.717) is 19.4 Å². The predicted octanol–water partition coefficient (Wildman–Crippen LogP) is 5.13. The van der Waals surface area contributed by atoms with Crippen molar-refractivity contribution in [1.82, 2.24) is 0 Å². The van der Waals surface area contributed by atoms with Crippen LogP contribution in [-0.4, -0.2) is 18.4 Å². The van der Waals surface area contributed by atoms with Crippen LogP contribution in [-0.2, 0) is 14.3 Å². The first kappa shape index (κ1) is 36.0. The lowest BCUT2D eigenvalue weighted by Gasteiger charge is -2.11. The zero-order chi connectivity index (χ0) is 10.3. The highest BCUT2D eigenvalue weighted by atomic mass is 16.5. The summed E-state index contributed by atoms with van der Waals surface area (Å²) in [6, 6.07) is 0. The van der Waals surface area contributed by atoms with Gasteiger partial charge in [-0.1, -0.05) is 51.0 Å². The van der Waals surface area contributed by atoms with Gasteiger partial charge in [0.2, 0.25) is 0 Å². The van der Waals surface area contributed by atoms with Gasteiger partial charge >= 0.3 is 5.97 Å². The van der Waals surface area contributed by atoms with E-state index in [1.54, 1.807) is 6.92 Å². The fourth-order valence-corrected chi connectivity index (χ4v) is 1.19. The van der Waals surface area contributed by atoms with Crippen molar-refractivity contribution in [2.24, 2.45) is 5.92 Å². The molecule has 0 N–H and O–H groups in total. The van der Waals surface area contributed by atoms with Crippen LogP contribution < -0.4 is 0 Å². The third-order valence-corrected chi connectivity index (χ3v) is 1.86. The summed E-state index contributed by atoms with van der Waals surface area (Å²) in [5.41, 5.74) is 0. The number of rotatable bonds is 6. The Kier molecular flexibility index (Phi) is 42.8. The lowest BCUT2D eigenvalue weighted by molar-refractivity contribution is -0.151. The van der Waals surface area contributed by atoms with Gasteiger partial charge in [-0.2, -0.15) is 0 Å². The molecule has 0 aromatic rings. The molecule has 3 nitrogen and oxygen atoms in total. The minimum Gasteiger partial charge on any atom is -0.465 e. The van der Waals surface area contributed by atoms with E-state index in [4.69, 9.17) is 4.74 Å². The van der Waals surface area contributed by atoms with Gasteiger partial charge in [0.1, 0.15) is 11.7 Å². The summed E-state index contributed by atoms with van der Waals surface area (Å²) in [5.74, 6) is -0.910. The molecule has 0 fully saturated rings. The Morgan fingerprint density at radius 2 is 1.39 bits per heavy atom. The summed E-state index contributed by atoms with van der Waals surface area (Å²) in [6.45, 7) is 5.84. The van der Waals surface area contributed by atoms with Gasteiger partial charge in [0.05, 0.1) is 6.61 Å². The SMILES string of the molecule is C.C.C.C.C.CCCC(=O)C(CC)C(=O)OCC. The van der Waals surface area contributed by atoms with Gasteiger partial charge in [-0.3, -0.25) is 9.59 Å². The molecule has 0 amide bonds. The topological polar surface area (TPSA) is 43.4 Å². The van der Waals surface area contributed by atoms with Crippen molar-refractivity contribution in [3.63, 3.8) is 0 Å². The second kappa shape index (κ2) is 21.4. The monoisotopic (exact) mass is 266 g/mol. The molecular formula is C15H38O3. The molecule has 0 aliphatic carbocycles. The third kappa shape index (κ3) is 13.2. The number of ketones is 1. The van der Waals surface area contributed by atoms with Crippen LogP contribution in [0.2, 0.25) is 0 Å². The van der Waals surface area contributed by atoms with Crippen molar-refractivity contribution >= 4 is 11.8 Å². The van der Waals surface area contributed by atoms with Crippen molar-refractivity contribution < 1.29 is 14.3 Å². The van der Waals surface area contributed by atoms with Gasteiger partial charge in [0, 0.05) is 6.42 Å². The number of hydrogen-bond acceptors (Lipinski definition) is 3. The molecule has 3 heteroatoms. The number of esters is 1. The summed E-state index contributed by atoms with van der Waals surface area (Å²) in [6.07, 6.45) is 1.80. The second-order valence-corrected chi connectivity index (χ2v) is 2.93. The molecule has 1 unspecified atom stereocenters. The summed E-state index contributed by atoms with van der Waals surface area (Å²) < 4.78 is 4.80. The highest BCUT2D eigenvalue weighted by Crippen LogP contribution is 2.10. The molecule has 1 atom stereocenters. The van der Waals surface area contributed by atoms with Crippen LogP contribution in [0, 0.1) is 5.92 Å². The van der Waals surface area contributed by atoms with Crippen molar-refractivity contribution in [1.29, 1.82) is 0 Å². The number of hydrogen-bond donors (Lipinski definition) is 0. The zero-order valence-electron chi connectivity index (χ0n) is 8.63. The lowest BCUT2D eigenvalue weighted by Crippen LogP contribution is -2.25. The van der Waals surface area contributed by atoms with Crippen LogP contribution in [0.3, 0.4) is 0 Å². The Labute approximate surface area is 116 Å². The summed E-state index contributed by atoms with van der Waals surface area (Å²) in [4.78, 5) is 22.6.